The topological polar surface area (TPSA) is 100 Å². The number of hydrogen-bond acceptors (Lipinski definition) is 7. The van der Waals surface area contributed by atoms with Crippen LogP contribution in [-0.4, -0.2) is 30.4 Å². The number of benzene rings is 1. The van der Waals surface area contributed by atoms with Gasteiger partial charge in [0.1, 0.15) is 0 Å². The number of carbonyl (C=O) groups excluding carboxylic acids is 2. The Labute approximate surface area is 138 Å². The summed E-state index contributed by atoms with van der Waals surface area (Å²) in [6.45, 7) is 0.105. The quantitative estimate of drug-likeness (QED) is 0.613. The minimum Gasteiger partial charge on any atom is -0.454 e. The van der Waals surface area contributed by atoms with Gasteiger partial charge in [-0.25, -0.2) is 5.43 Å². The van der Waals surface area contributed by atoms with Gasteiger partial charge in [-0.3, -0.25) is 15.0 Å². The molecule has 3 atom stereocenters. The molecule has 2 heterocycles. The number of hydrazine groups is 1. The SMILES string of the molecule is N#CC(C(=O)c1ccc2c(c1)OCO2)C(=O)C1CC(C2CC2)NN1. The van der Waals surface area contributed by atoms with E-state index in [-0.39, 0.29) is 24.2 Å². The Balaban J connectivity index is 1.49. The van der Waals surface area contributed by atoms with E-state index in [0.29, 0.717) is 23.8 Å². The molecule has 1 aromatic rings. The van der Waals surface area contributed by atoms with Crippen LogP contribution in [0.2, 0.25) is 0 Å². The summed E-state index contributed by atoms with van der Waals surface area (Å²) in [5.41, 5.74) is 6.34. The van der Waals surface area contributed by atoms with Crippen LogP contribution in [0.15, 0.2) is 18.2 Å². The number of fused-ring (bicyclic) bond motifs is 1. The van der Waals surface area contributed by atoms with Crippen molar-refractivity contribution in [2.75, 3.05) is 6.79 Å². The Hall–Kier alpha value is -2.43. The molecule has 1 saturated carbocycles. The summed E-state index contributed by atoms with van der Waals surface area (Å²) >= 11 is 0. The van der Waals surface area contributed by atoms with Crippen LogP contribution >= 0.6 is 0 Å². The summed E-state index contributed by atoms with van der Waals surface area (Å²) in [5.74, 6) is -0.587. The maximum atomic E-state index is 12.6. The van der Waals surface area contributed by atoms with Gasteiger partial charge in [-0.1, -0.05) is 0 Å². The molecule has 0 aromatic heterocycles. The highest BCUT2D eigenvalue weighted by molar-refractivity contribution is 6.14. The normalized spacial score (nSPS) is 26.0. The van der Waals surface area contributed by atoms with Crippen molar-refractivity contribution in [2.24, 2.45) is 11.8 Å². The molecule has 1 aromatic carbocycles. The standard InChI is InChI=1S/C17H17N3O4/c18-7-11(17(22)13-6-12(19-20-13)9-1-2-9)16(21)10-3-4-14-15(5-10)24-8-23-14/h3-5,9,11-13,19-20H,1-2,6,8H2. The summed E-state index contributed by atoms with van der Waals surface area (Å²) < 4.78 is 10.5. The van der Waals surface area contributed by atoms with Gasteiger partial charge in [0.2, 0.25) is 6.79 Å². The zero-order valence-corrected chi connectivity index (χ0v) is 13.0. The molecular weight excluding hydrogens is 310 g/mol. The van der Waals surface area contributed by atoms with E-state index in [4.69, 9.17) is 9.47 Å². The predicted molar refractivity (Wildman–Crippen MR) is 82.2 cm³/mol. The van der Waals surface area contributed by atoms with Crippen LogP contribution in [0.25, 0.3) is 0 Å². The molecular formula is C17H17N3O4. The summed E-state index contributed by atoms with van der Waals surface area (Å²) in [6, 6.07) is 6.31. The lowest BCUT2D eigenvalue weighted by Crippen LogP contribution is -2.41. The molecule has 3 aliphatic rings. The van der Waals surface area contributed by atoms with Gasteiger partial charge >= 0.3 is 0 Å². The fraction of sp³-hybridized carbons (Fsp3) is 0.471. The van der Waals surface area contributed by atoms with Crippen molar-refractivity contribution in [3.8, 4) is 17.6 Å². The minimum absolute atomic E-state index is 0.105. The van der Waals surface area contributed by atoms with Gasteiger partial charge in [0.05, 0.1) is 12.1 Å². The predicted octanol–water partition coefficient (Wildman–Crippen LogP) is 0.952. The highest BCUT2D eigenvalue weighted by Gasteiger charge is 2.42. The summed E-state index contributed by atoms with van der Waals surface area (Å²) in [4.78, 5) is 25.2. The van der Waals surface area contributed by atoms with Crippen molar-refractivity contribution < 1.29 is 19.1 Å². The first kappa shape index (κ1) is 15.1. The lowest BCUT2D eigenvalue weighted by atomic mass is 9.89. The second-order valence-corrected chi connectivity index (χ2v) is 6.42. The molecule has 7 nitrogen and oxygen atoms in total. The third kappa shape index (κ3) is 2.64. The van der Waals surface area contributed by atoms with E-state index in [2.05, 4.69) is 10.9 Å². The molecule has 4 rings (SSSR count). The monoisotopic (exact) mass is 327 g/mol. The molecule has 0 spiro atoms. The Kier molecular flexibility index (Phi) is 3.71. The smallest absolute Gasteiger partial charge is 0.231 e. The molecule has 124 valence electrons. The first-order valence-corrected chi connectivity index (χ1v) is 8.05. The molecule has 1 saturated heterocycles. The van der Waals surface area contributed by atoms with Crippen LogP contribution in [0.4, 0.5) is 0 Å². The van der Waals surface area contributed by atoms with Crippen molar-refractivity contribution in [1.29, 1.82) is 5.26 Å². The van der Waals surface area contributed by atoms with Gasteiger partial charge in [0.15, 0.2) is 29.0 Å². The van der Waals surface area contributed by atoms with Crippen molar-refractivity contribution in [2.45, 2.75) is 31.3 Å². The number of Topliss-reactive ketones (excluding diaryl/α,β-unsaturated/α-hetero) is 2. The van der Waals surface area contributed by atoms with Crippen LogP contribution in [0, 0.1) is 23.2 Å². The van der Waals surface area contributed by atoms with E-state index < -0.39 is 17.7 Å². The first-order chi connectivity index (χ1) is 11.7. The van der Waals surface area contributed by atoms with Crippen LogP contribution in [0.5, 0.6) is 11.5 Å². The molecule has 2 aliphatic heterocycles. The molecule has 2 fully saturated rings. The van der Waals surface area contributed by atoms with Crippen LogP contribution in [-0.2, 0) is 4.79 Å². The number of nitrogens with one attached hydrogen (secondary N) is 2. The molecule has 1 aliphatic carbocycles. The molecule has 0 radical (unpaired) electrons. The van der Waals surface area contributed by atoms with Gasteiger partial charge in [-0.05, 0) is 43.4 Å². The van der Waals surface area contributed by atoms with Gasteiger partial charge in [-0.15, -0.1) is 0 Å². The number of rotatable bonds is 5. The molecule has 0 bridgehead atoms. The summed E-state index contributed by atoms with van der Waals surface area (Å²) in [5, 5.41) is 9.37. The average molecular weight is 327 g/mol. The third-order valence-electron chi connectivity index (χ3n) is 4.80. The van der Waals surface area contributed by atoms with Gasteiger partial charge in [0, 0.05) is 11.6 Å². The fourth-order valence-electron chi connectivity index (χ4n) is 3.24. The lowest BCUT2D eigenvalue weighted by Gasteiger charge is -2.13. The van der Waals surface area contributed by atoms with Crippen LogP contribution in [0.1, 0.15) is 29.6 Å². The van der Waals surface area contributed by atoms with Crippen molar-refractivity contribution >= 4 is 11.6 Å². The van der Waals surface area contributed by atoms with Crippen molar-refractivity contribution in [3.05, 3.63) is 23.8 Å². The first-order valence-electron chi connectivity index (χ1n) is 8.05. The van der Waals surface area contributed by atoms with Crippen molar-refractivity contribution in [1.82, 2.24) is 10.9 Å². The fourth-order valence-corrected chi connectivity index (χ4v) is 3.24. The van der Waals surface area contributed by atoms with E-state index in [1.165, 1.54) is 6.07 Å². The Morgan fingerprint density at radius 1 is 1.21 bits per heavy atom. The van der Waals surface area contributed by atoms with E-state index in [1.807, 2.05) is 6.07 Å². The number of ketones is 2. The minimum atomic E-state index is -1.32. The third-order valence-corrected chi connectivity index (χ3v) is 4.80. The highest BCUT2D eigenvalue weighted by atomic mass is 16.7. The van der Waals surface area contributed by atoms with Crippen molar-refractivity contribution in [3.63, 3.8) is 0 Å². The molecule has 7 heteroatoms. The largest absolute Gasteiger partial charge is 0.454 e. The molecule has 0 amide bonds. The lowest BCUT2D eigenvalue weighted by molar-refractivity contribution is -0.121. The summed E-state index contributed by atoms with van der Waals surface area (Å²) in [6.07, 6.45) is 2.95. The number of nitrogens with zero attached hydrogens (tertiary/aromatic N) is 1. The molecule has 24 heavy (non-hydrogen) atoms. The second kappa shape index (κ2) is 5.89. The zero-order chi connectivity index (χ0) is 16.7. The second-order valence-electron chi connectivity index (χ2n) is 6.42. The number of nitriles is 1. The van der Waals surface area contributed by atoms with E-state index in [9.17, 15) is 14.9 Å². The highest BCUT2D eigenvalue weighted by Crippen LogP contribution is 2.36. The molecule has 3 unspecified atom stereocenters. The molecule has 2 N–H and O–H groups in total. The Bertz CT molecular complexity index is 738. The van der Waals surface area contributed by atoms with E-state index in [0.717, 1.165) is 12.8 Å². The van der Waals surface area contributed by atoms with Crippen LogP contribution < -0.4 is 20.3 Å². The Morgan fingerprint density at radius 2 is 2.00 bits per heavy atom. The zero-order valence-electron chi connectivity index (χ0n) is 13.0. The van der Waals surface area contributed by atoms with Gasteiger partial charge in [-0.2, -0.15) is 5.26 Å². The van der Waals surface area contributed by atoms with Crippen LogP contribution in [0.3, 0.4) is 0 Å². The maximum absolute atomic E-state index is 12.6. The van der Waals surface area contributed by atoms with Gasteiger partial charge < -0.3 is 9.47 Å². The maximum Gasteiger partial charge on any atom is 0.231 e. The van der Waals surface area contributed by atoms with E-state index >= 15 is 0 Å². The number of ether oxygens (including phenoxy) is 2. The number of hydrogen-bond donors (Lipinski definition) is 2. The Morgan fingerprint density at radius 3 is 2.75 bits per heavy atom. The van der Waals surface area contributed by atoms with E-state index in [1.54, 1.807) is 12.1 Å². The number of carbonyl (C=O) groups is 2. The average Bonchev–Trinajstić information content (AvgIpc) is 3.14. The summed E-state index contributed by atoms with van der Waals surface area (Å²) in [7, 11) is 0. The van der Waals surface area contributed by atoms with Gasteiger partial charge in [0.25, 0.3) is 0 Å².